The highest BCUT2D eigenvalue weighted by atomic mass is 35.5. The average molecular weight is 327 g/mol. The van der Waals surface area contributed by atoms with Crippen molar-refractivity contribution in [3.8, 4) is 0 Å². The summed E-state index contributed by atoms with van der Waals surface area (Å²) < 4.78 is 5.25. The minimum absolute atomic E-state index is 0.0398. The molecular formula is C15H23ClN4O2. The van der Waals surface area contributed by atoms with Crippen LogP contribution in [0.2, 0.25) is 5.15 Å². The molecule has 22 heavy (non-hydrogen) atoms. The molecule has 2 amide bonds. The zero-order valence-corrected chi connectivity index (χ0v) is 14.4. The highest BCUT2D eigenvalue weighted by Gasteiger charge is 2.32. The standard InChI is InChI=1S/C15H23ClN4O2/c1-9(22-5)6-10-8-20(14(21)17-10)12-7-11(15(2,3)4)13(16)19-18-12/h7,9-10H,6,8H2,1-5H3,(H,17,21). The Bertz CT molecular complexity index is 559. The van der Waals surface area contributed by atoms with Gasteiger partial charge in [-0.1, -0.05) is 32.4 Å². The molecule has 0 saturated carbocycles. The molecule has 0 bridgehead atoms. The Labute approximate surface area is 136 Å². The van der Waals surface area contributed by atoms with Crippen LogP contribution in [0.4, 0.5) is 10.6 Å². The molecule has 0 radical (unpaired) electrons. The van der Waals surface area contributed by atoms with Crippen LogP contribution in [0.15, 0.2) is 6.07 Å². The summed E-state index contributed by atoms with van der Waals surface area (Å²) in [4.78, 5) is 13.8. The van der Waals surface area contributed by atoms with Crippen LogP contribution in [0.5, 0.6) is 0 Å². The fourth-order valence-corrected chi connectivity index (χ4v) is 2.83. The Morgan fingerprint density at radius 2 is 2.18 bits per heavy atom. The number of nitrogens with zero attached hydrogens (tertiary/aromatic N) is 3. The van der Waals surface area contributed by atoms with E-state index in [1.54, 1.807) is 12.0 Å². The number of urea groups is 1. The lowest BCUT2D eigenvalue weighted by molar-refractivity contribution is 0.104. The molecule has 7 heteroatoms. The van der Waals surface area contributed by atoms with E-state index in [9.17, 15) is 4.79 Å². The minimum atomic E-state index is -0.165. The number of nitrogens with one attached hydrogen (secondary N) is 1. The summed E-state index contributed by atoms with van der Waals surface area (Å²) in [6, 6.07) is 1.72. The number of hydrogen-bond acceptors (Lipinski definition) is 4. The monoisotopic (exact) mass is 326 g/mol. The van der Waals surface area contributed by atoms with Gasteiger partial charge in [0.05, 0.1) is 12.1 Å². The predicted octanol–water partition coefficient (Wildman–Crippen LogP) is 2.75. The number of ether oxygens (including phenoxy) is 1. The number of carbonyl (C=O) groups excluding carboxylic acids is 1. The second kappa shape index (κ2) is 6.38. The van der Waals surface area contributed by atoms with Crippen LogP contribution in [0.25, 0.3) is 0 Å². The van der Waals surface area contributed by atoms with Crippen molar-refractivity contribution >= 4 is 23.4 Å². The van der Waals surface area contributed by atoms with Crippen LogP contribution < -0.4 is 10.2 Å². The van der Waals surface area contributed by atoms with E-state index in [1.165, 1.54) is 0 Å². The fourth-order valence-electron chi connectivity index (χ4n) is 2.45. The van der Waals surface area contributed by atoms with Gasteiger partial charge < -0.3 is 10.1 Å². The fraction of sp³-hybridized carbons (Fsp3) is 0.667. The van der Waals surface area contributed by atoms with Crippen molar-refractivity contribution in [2.24, 2.45) is 0 Å². The van der Waals surface area contributed by atoms with Crippen molar-refractivity contribution in [2.75, 3.05) is 18.6 Å². The molecular weight excluding hydrogens is 304 g/mol. The van der Waals surface area contributed by atoms with E-state index in [4.69, 9.17) is 16.3 Å². The Balaban J connectivity index is 2.20. The first-order chi connectivity index (χ1) is 10.2. The maximum absolute atomic E-state index is 12.2. The molecule has 2 heterocycles. The van der Waals surface area contributed by atoms with E-state index in [2.05, 4.69) is 15.5 Å². The van der Waals surface area contributed by atoms with Gasteiger partial charge >= 0.3 is 6.03 Å². The van der Waals surface area contributed by atoms with Crippen LogP contribution in [0.3, 0.4) is 0 Å². The number of hydrogen-bond donors (Lipinski definition) is 1. The quantitative estimate of drug-likeness (QED) is 0.923. The maximum Gasteiger partial charge on any atom is 0.323 e. The lowest BCUT2D eigenvalue weighted by Crippen LogP contribution is -2.30. The summed E-state index contributed by atoms with van der Waals surface area (Å²) >= 11 is 6.13. The van der Waals surface area contributed by atoms with Crippen LogP contribution in [-0.2, 0) is 10.2 Å². The molecule has 6 nitrogen and oxygen atoms in total. The van der Waals surface area contributed by atoms with Crippen molar-refractivity contribution in [2.45, 2.75) is 51.7 Å². The molecule has 1 saturated heterocycles. The Hall–Kier alpha value is -1.40. The van der Waals surface area contributed by atoms with Crippen LogP contribution in [-0.4, -0.2) is 42.0 Å². The summed E-state index contributed by atoms with van der Waals surface area (Å²) in [5.74, 6) is 0.527. The van der Waals surface area contributed by atoms with Gasteiger partial charge in [0.25, 0.3) is 0 Å². The summed E-state index contributed by atoms with van der Waals surface area (Å²) in [7, 11) is 1.67. The van der Waals surface area contributed by atoms with Gasteiger partial charge in [0.1, 0.15) is 0 Å². The van der Waals surface area contributed by atoms with Gasteiger partial charge in [-0.2, -0.15) is 0 Å². The van der Waals surface area contributed by atoms with Crippen molar-refractivity contribution < 1.29 is 9.53 Å². The molecule has 2 rings (SSSR count). The van der Waals surface area contributed by atoms with Crippen molar-refractivity contribution in [1.82, 2.24) is 15.5 Å². The molecule has 1 fully saturated rings. The second-order valence-electron chi connectivity index (χ2n) is 6.70. The largest absolute Gasteiger partial charge is 0.382 e. The first kappa shape index (κ1) is 17.0. The van der Waals surface area contributed by atoms with E-state index >= 15 is 0 Å². The van der Waals surface area contributed by atoms with E-state index in [0.717, 1.165) is 12.0 Å². The van der Waals surface area contributed by atoms with Crippen molar-refractivity contribution in [1.29, 1.82) is 0 Å². The third-order valence-electron chi connectivity index (χ3n) is 3.82. The molecule has 122 valence electrons. The smallest absolute Gasteiger partial charge is 0.323 e. The number of halogens is 1. The highest BCUT2D eigenvalue weighted by molar-refractivity contribution is 6.30. The highest BCUT2D eigenvalue weighted by Crippen LogP contribution is 2.30. The van der Waals surface area contributed by atoms with Gasteiger partial charge in [-0.3, -0.25) is 4.90 Å². The molecule has 1 N–H and O–H groups in total. The van der Waals surface area contributed by atoms with E-state index in [1.807, 2.05) is 33.8 Å². The van der Waals surface area contributed by atoms with E-state index in [-0.39, 0.29) is 23.6 Å². The maximum atomic E-state index is 12.2. The molecule has 0 spiro atoms. The molecule has 2 unspecified atom stereocenters. The number of methoxy groups -OCH3 is 1. The normalized spacial score (nSPS) is 20.2. The zero-order chi connectivity index (χ0) is 16.5. The zero-order valence-electron chi connectivity index (χ0n) is 13.7. The summed E-state index contributed by atoms with van der Waals surface area (Å²) in [6.07, 6.45) is 0.845. The van der Waals surface area contributed by atoms with Crippen molar-refractivity contribution in [3.05, 3.63) is 16.8 Å². The third kappa shape index (κ3) is 3.67. The van der Waals surface area contributed by atoms with Crippen LogP contribution in [0.1, 0.15) is 39.7 Å². The molecule has 0 aliphatic carbocycles. The van der Waals surface area contributed by atoms with Gasteiger partial charge in [-0.15, -0.1) is 10.2 Å². The average Bonchev–Trinajstić information content (AvgIpc) is 2.78. The Morgan fingerprint density at radius 3 is 2.77 bits per heavy atom. The topological polar surface area (TPSA) is 67.3 Å². The third-order valence-corrected chi connectivity index (χ3v) is 4.09. The molecule has 1 aliphatic heterocycles. The first-order valence-corrected chi connectivity index (χ1v) is 7.74. The Kier molecular flexibility index (Phi) is 4.92. The summed E-state index contributed by atoms with van der Waals surface area (Å²) in [6.45, 7) is 8.67. The molecule has 2 atom stereocenters. The van der Waals surface area contributed by atoms with Crippen LogP contribution >= 0.6 is 11.6 Å². The summed E-state index contributed by atoms with van der Waals surface area (Å²) in [5.41, 5.74) is 0.711. The van der Waals surface area contributed by atoms with Gasteiger partial charge in [0, 0.05) is 19.2 Å². The van der Waals surface area contributed by atoms with Gasteiger partial charge in [-0.25, -0.2) is 4.79 Å². The van der Waals surface area contributed by atoms with Crippen LogP contribution in [0, 0.1) is 0 Å². The molecule has 1 aliphatic rings. The number of amides is 2. The Morgan fingerprint density at radius 1 is 1.50 bits per heavy atom. The number of rotatable bonds is 4. The van der Waals surface area contributed by atoms with Gasteiger partial charge in [0.15, 0.2) is 11.0 Å². The van der Waals surface area contributed by atoms with E-state index in [0.29, 0.717) is 17.5 Å². The van der Waals surface area contributed by atoms with E-state index < -0.39 is 0 Å². The predicted molar refractivity (Wildman–Crippen MR) is 86.5 cm³/mol. The number of aromatic nitrogens is 2. The van der Waals surface area contributed by atoms with Gasteiger partial charge in [0.2, 0.25) is 0 Å². The minimum Gasteiger partial charge on any atom is -0.382 e. The number of carbonyl (C=O) groups is 1. The number of anilines is 1. The lowest BCUT2D eigenvalue weighted by atomic mass is 9.88. The molecule has 0 aromatic carbocycles. The lowest BCUT2D eigenvalue weighted by Gasteiger charge is -2.22. The molecule has 1 aromatic rings. The summed E-state index contributed by atoms with van der Waals surface area (Å²) in [5, 5.41) is 11.4. The van der Waals surface area contributed by atoms with Crippen molar-refractivity contribution in [3.63, 3.8) is 0 Å². The SMILES string of the molecule is COC(C)CC1CN(c2cc(C(C)(C)C)c(Cl)nn2)C(=O)N1. The second-order valence-corrected chi connectivity index (χ2v) is 7.05. The first-order valence-electron chi connectivity index (χ1n) is 7.37. The van der Waals surface area contributed by atoms with Gasteiger partial charge in [-0.05, 0) is 24.8 Å². The molecule has 1 aromatic heterocycles.